The molecule has 2 saturated carbocycles. The molecular weight excluding hydrogens is 508 g/mol. The van der Waals surface area contributed by atoms with Crippen LogP contribution in [0.15, 0.2) is 58.5 Å². The second kappa shape index (κ2) is 14.2. The number of carbonyl (C=O) groups is 2. The smallest absolute Gasteiger partial charge is 0.166 e. The number of hydrogen-bond donors (Lipinski definition) is 0. The van der Waals surface area contributed by atoms with Gasteiger partial charge in [0, 0.05) is 42.4 Å². The molecule has 5 nitrogen and oxygen atoms in total. The minimum Gasteiger partial charge on any atom is -0.490 e. The fourth-order valence-corrected chi connectivity index (χ4v) is 7.11. The molecule has 0 spiro atoms. The Morgan fingerprint density at radius 3 is 2.56 bits per heavy atom. The highest BCUT2D eigenvalue weighted by Crippen LogP contribution is 2.35. The van der Waals surface area contributed by atoms with E-state index in [0.717, 1.165) is 93.2 Å². The highest BCUT2D eigenvalue weighted by atomic mass is 16.5. The number of aliphatic imine (C=N–C) groups is 2. The quantitative estimate of drug-likeness (QED) is 0.221. The fourth-order valence-electron chi connectivity index (χ4n) is 7.11. The largest absolute Gasteiger partial charge is 0.490 e. The van der Waals surface area contributed by atoms with Gasteiger partial charge in [-0.25, -0.2) is 0 Å². The van der Waals surface area contributed by atoms with Crippen LogP contribution in [0.1, 0.15) is 104 Å². The Balaban J connectivity index is 1.18. The predicted octanol–water partition coefficient (Wildman–Crippen LogP) is 8.00. The minimum absolute atomic E-state index is 0.111. The molecule has 2 fully saturated rings. The normalized spacial score (nSPS) is 28.1. The highest BCUT2D eigenvalue weighted by Gasteiger charge is 2.29. The lowest BCUT2D eigenvalue weighted by Gasteiger charge is -2.22. The van der Waals surface area contributed by atoms with E-state index in [2.05, 4.69) is 29.9 Å². The molecule has 0 aromatic heterocycles. The number of nitrogens with zero attached hydrogens (tertiary/aromatic N) is 2. The van der Waals surface area contributed by atoms with Gasteiger partial charge in [0.25, 0.3) is 0 Å². The summed E-state index contributed by atoms with van der Waals surface area (Å²) in [4.78, 5) is 35.5. The summed E-state index contributed by atoms with van der Waals surface area (Å²) in [5.74, 6) is 3.16. The second-order valence-electron chi connectivity index (χ2n) is 12.9. The Labute approximate surface area is 245 Å². The van der Waals surface area contributed by atoms with E-state index in [-0.39, 0.29) is 29.6 Å². The number of ketones is 2. The van der Waals surface area contributed by atoms with Gasteiger partial charge in [-0.15, -0.1) is 0 Å². The number of Topliss-reactive ketones (excluding diaryl/α,β-unsaturated/α-hetero) is 2. The Hall–Kier alpha value is -3.08. The van der Waals surface area contributed by atoms with E-state index in [1.165, 1.54) is 0 Å². The van der Waals surface area contributed by atoms with Crippen molar-refractivity contribution in [3.8, 4) is 5.75 Å². The lowest BCUT2D eigenvalue weighted by molar-refractivity contribution is 0.0918. The van der Waals surface area contributed by atoms with E-state index in [1.807, 2.05) is 42.5 Å². The highest BCUT2D eigenvalue weighted by molar-refractivity contribution is 6.16. The molecular formula is C36H46N2O3. The molecule has 6 atom stereocenters. The topological polar surface area (TPSA) is 68.1 Å². The predicted molar refractivity (Wildman–Crippen MR) is 167 cm³/mol. The zero-order chi connectivity index (χ0) is 28.6. The van der Waals surface area contributed by atoms with Crippen LogP contribution in [-0.2, 0) is 6.42 Å². The van der Waals surface area contributed by atoms with Gasteiger partial charge in [-0.1, -0.05) is 50.2 Å². The van der Waals surface area contributed by atoms with Gasteiger partial charge in [0.15, 0.2) is 11.6 Å². The van der Waals surface area contributed by atoms with Crippen molar-refractivity contribution in [3.05, 3.63) is 65.2 Å². The summed E-state index contributed by atoms with van der Waals surface area (Å²) in [6, 6.07) is 16.1. The van der Waals surface area contributed by atoms with Crippen molar-refractivity contribution in [2.45, 2.75) is 96.6 Å². The fraction of sp³-hybridized carbons (Fsp3) is 0.556. The number of benzene rings is 2. The first-order chi connectivity index (χ1) is 19.9. The molecule has 2 aliphatic carbocycles. The van der Waals surface area contributed by atoms with E-state index in [4.69, 9.17) is 4.74 Å². The Kier molecular flexibility index (Phi) is 10.2. The van der Waals surface area contributed by atoms with E-state index in [9.17, 15) is 9.59 Å². The van der Waals surface area contributed by atoms with E-state index in [0.29, 0.717) is 24.2 Å². The summed E-state index contributed by atoms with van der Waals surface area (Å²) in [6.45, 7) is 5.35. The summed E-state index contributed by atoms with van der Waals surface area (Å²) in [5.41, 5.74) is 2.73. The van der Waals surface area contributed by atoms with Crippen LogP contribution < -0.4 is 4.74 Å². The van der Waals surface area contributed by atoms with Crippen LogP contribution in [0.5, 0.6) is 5.75 Å². The molecule has 0 bridgehead atoms. The molecule has 41 heavy (non-hydrogen) atoms. The molecule has 3 aliphatic rings. The summed E-state index contributed by atoms with van der Waals surface area (Å²) in [6.07, 6.45) is 14.2. The van der Waals surface area contributed by atoms with Crippen LogP contribution in [-0.4, -0.2) is 42.7 Å². The van der Waals surface area contributed by atoms with Crippen molar-refractivity contribution in [2.24, 2.45) is 33.7 Å². The van der Waals surface area contributed by atoms with E-state index in [1.54, 1.807) is 12.4 Å². The third-order valence-corrected chi connectivity index (χ3v) is 9.41. The molecule has 1 heterocycles. The van der Waals surface area contributed by atoms with Gasteiger partial charge in [-0.3, -0.25) is 19.6 Å². The second-order valence-corrected chi connectivity index (χ2v) is 12.9. The number of ether oxygens (including phenoxy) is 1. The first-order valence-electron chi connectivity index (χ1n) is 15.9. The van der Waals surface area contributed by atoms with Crippen molar-refractivity contribution in [3.63, 3.8) is 0 Å². The molecule has 1 aliphatic heterocycles. The summed E-state index contributed by atoms with van der Waals surface area (Å²) in [5, 5.41) is 0. The third-order valence-electron chi connectivity index (χ3n) is 9.41. The Bertz CT molecular complexity index is 1250. The molecule has 2 aromatic carbocycles. The molecule has 6 unspecified atom stereocenters. The van der Waals surface area contributed by atoms with E-state index >= 15 is 0 Å². The van der Waals surface area contributed by atoms with Crippen molar-refractivity contribution < 1.29 is 14.3 Å². The van der Waals surface area contributed by atoms with Gasteiger partial charge < -0.3 is 4.74 Å². The van der Waals surface area contributed by atoms with Crippen LogP contribution in [0.25, 0.3) is 0 Å². The summed E-state index contributed by atoms with van der Waals surface area (Å²) < 4.78 is 6.53. The van der Waals surface area contributed by atoms with Crippen LogP contribution in [0.3, 0.4) is 0 Å². The minimum atomic E-state index is 0.111. The molecule has 2 aromatic rings. The SMILES string of the molecule is CC1CCC(Oc2cccc(C(=O)C3CCC(C)C3)c2)CC(CCC(=O)c2ccccc2CC2CCN=CC=N2)C1. The van der Waals surface area contributed by atoms with Gasteiger partial charge in [0.2, 0.25) is 0 Å². The van der Waals surface area contributed by atoms with Crippen molar-refractivity contribution >= 4 is 24.0 Å². The van der Waals surface area contributed by atoms with Crippen LogP contribution in [0.4, 0.5) is 0 Å². The van der Waals surface area contributed by atoms with Crippen LogP contribution >= 0.6 is 0 Å². The lowest BCUT2D eigenvalue weighted by atomic mass is 9.88. The van der Waals surface area contributed by atoms with Gasteiger partial charge in [0.1, 0.15) is 5.75 Å². The maximum atomic E-state index is 13.5. The Morgan fingerprint density at radius 1 is 0.878 bits per heavy atom. The number of rotatable bonds is 10. The zero-order valence-electron chi connectivity index (χ0n) is 24.8. The number of hydrogen-bond acceptors (Lipinski definition) is 5. The van der Waals surface area contributed by atoms with Crippen molar-refractivity contribution in [2.75, 3.05) is 6.54 Å². The van der Waals surface area contributed by atoms with Crippen LogP contribution in [0, 0.1) is 23.7 Å². The molecule has 5 heteroatoms. The average Bonchev–Trinajstić information content (AvgIpc) is 3.14. The summed E-state index contributed by atoms with van der Waals surface area (Å²) >= 11 is 0. The zero-order valence-corrected chi connectivity index (χ0v) is 24.8. The van der Waals surface area contributed by atoms with Gasteiger partial charge in [0.05, 0.1) is 12.1 Å². The van der Waals surface area contributed by atoms with Crippen molar-refractivity contribution in [1.29, 1.82) is 0 Å². The molecule has 5 rings (SSSR count). The molecule has 0 saturated heterocycles. The van der Waals surface area contributed by atoms with E-state index < -0.39 is 0 Å². The maximum absolute atomic E-state index is 13.5. The maximum Gasteiger partial charge on any atom is 0.166 e. The van der Waals surface area contributed by atoms with Gasteiger partial charge in [-0.05, 0) is 99.7 Å². The number of carbonyl (C=O) groups excluding carboxylic acids is 2. The van der Waals surface area contributed by atoms with Gasteiger partial charge >= 0.3 is 0 Å². The molecule has 218 valence electrons. The van der Waals surface area contributed by atoms with Crippen LogP contribution in [0.2, 0.25) is 0 Å². The average molecular weight is 555 g/mol. The first kappa shape index (κ1) is 29.4. The molecule has 0 radical (unpaired) electrons. The lowest BCUT2D eigenvalue weighted by Crippen LogP contribution is -2.20. The molecule has 0 N–H and O–H groups in total. The van der Waals surface area contributed by atoms with Gasteiger partial charge in [-0.2, -0.15) is 0 Å². The standard InChI is InChI=1S/C36H46N2O3/c1-25-11-14-33(41-32-8-5-7-29(24-32)36(40)30-13-10-26(2)21-30)22-27(20-25)12-15-35(39)34-9-4-3-6-28(34)23-31-16-17-37-18-19-38-31/h3-9,18-19,24-27,30-31,33H,10-17,20-23H2,1-2H3. The Morgan fingerprint density at radius 2 is 1.71 bits per heavy atom. The third kappa shape index (κ3) is 8.24. The monoisotopic (exact) mass is 554 g/mol. The molecule has 0 amide bonds. The summed E-state index contributed by atoms with van der Waals surface area (Å²) in [7, 11) is 0. The first-order valence-corrected chi connectivity index (χ1v) is 15.9. The van der Waals surface area contributed by atoms with Crippen molar-refractivity contribution in [1.82, 2.24) is 0 Å².